The van der Waals surface area contributed by atoms with Crippen LogP contribution in [0.25, 0.3) is 0 Å². The third kappa shape index (κ3) is 9.71. The first kappa shape index (κ1) is 26.8. The summed E-state index contributed by atoms with van der Waals surface area (Å²) in [5.74, 6) is -3.26. The Bertz CT molecular complexity index is 555. The number of carboxylic acid groups (broad SMARTS) is 1. The van der Waals surface area contributed by atoms with Crippen LogP contribution in [0.1, 0.15) is 53.4 Å². The van der Waals surface area contributed by atoms with Crippen LogP contribution in [-0.2, 0) is 19.2 Å². The zero-order valence-corrected chi connectivity index (χ0v) is 17.9. The van der Waals surface area contributed by atoms with Crippen molar-refractivity contribution in [2.75, 3.05) is 13.1 Å². The Morgan fingerprint density at radius 1 is 0.897 bits per heavy atom. The lowest BCUT2D eigenvalue weighted by Gasteiger charge is -2.28. The van der Waals surface area contributed by atoms with Gasteiger partial charge in [0.25, 0.3) is 0 Å². The summed E-state index contributed by atoms with van der Waals surface area (Å²) in [6.07, 6.45) is 2.25. The standard InChI is InChI=1S/C19H37N5O5/c1-5-12(4)16(18(27)23-15(11(2)3)19(28)29)24-17(26)13(8-6-7-9-20)22-14(25)10-21/h11-13,15-16H,5-10,20-21H2,1-4H3,(H,22,25)(H,23,27)(H,24,26)(H,28,29). The average molecular weight is 416 g/mol. The highest BCUT2D eigenvalue weighted by Crippen LogP contribution is 2.11. The van der Waals surface area contributed by atoms with E-state index in [1.54, 1.807) is 20.8 Å². The molecule has 10 heteroatoms. The van der Waals surface area contributed by atoms with Gasteiger partial charge in [-0.2, -0.15) is 0 Å². The predicted octanol–water partition coefficient (Wildman–Crippen LogP) is -0.685. The smallest absolute Gasteiger partial charge is 0.326 e. The van der Waals surface area contributed by atoms with Gasteiger partial charge >= 0.3 is 5.97 Å². The number of amides is 3. The van der Waals surface area contributed by atoms with E-state index in [1.165, 1.54) is 0 Å². The molecule has 0 aliphatic rings. The maximum atomic E-state index is 12.8. The van der Waals surface area contributed by atoms with E-state index in [2.05, 4.69) is 16.0 Å². The van der Waals surface area contributed by atoms with Crippen LogP contribution >= 0.6 is 0 Å². The minimum atomic E-state index is -1.14. The molecule has 0 rings (SSSR count). The number of rotatable bonds is 14. The van der Waals surface area contributed by atoms with E-state index in [0.29, 0.717) is 32.2 Å². The van der Waals surface area contributed by atoms with E-state index in [1.807, 2.05) is 6.92 Å². The normalized spacial score (nSPS) is 15.1. The van der Waals surface area contributed by atoms with Crippen molar-refractivity contribution in [1.29, 1.82) is 0 Å². The highest BCUT2D eigenvalue weighted by molar-refractivity contribution is 5.93. The Hall–Kier alpha value is -2.20. The number of nitrogens with two attached hydrogens (primary N) is 2. The van der Waals surface area contributed by atoms with Gasteiger partial charge in [-0.1, -0.05) is 34.1 Å². The molecule has 0 aromatic rings. The van der Waals surface area contributed by atoms with Crippen molar-refractivity contribution in [3.63, 3.8) is 0 Å². The van der Waals surface area contributed by atoms with Gasteiger partial charge in [-0.15, -0.1) is 0 Å². The fourth-order valence-corrected chi connectivity index (χ4v) is 2.73. The molecule has 0 heterocycles. The van der Waals surface area contributed by atoms with Gasteiger partial charge in [-0.05, 0) is 37.6 Å². The zero-order chi connectivity index (χ0) is 22.6. The number of aliphatic carboxylic acids is 1. The number of unbranched alkanes of at least 4 members (excludes halogenated alkanes) is 1. The van der Waals surface area contributed by atoms with Gasteiger partial charge < -0.3 is 32.5 Å². The van der Waals surface area contributed by atoms with E-state index in [0.717, 1.165) is 0 Å². The molecule has 3 amide bonds. The Morgan fingerprint density at radius 3 is 1.93 bits per heavy atom. The number of nitrogens with one attached hydrogen (secondary N) is 3. The minimum Gasteiger partial charge on any atom is -0.480 e. The Kier molecular flexibility index (Phi) is 12.8. The number of carbonyl (C=O) groups excluding carboxylic acids is 3. The molecule has 168 valence electrons. The van der Waals surface area contributed by atoms with Crippen LogP contribution in [-0.4, -0.2) is 60.0 Å². The van der Waals surface area contributed by atoms with E-state index >= 15 is 0 Å². The van der Waals surface area contributed by atoms with Crippen LogP contribution in [0.2, 0.25) is 0 Å². The van der Waals surface area contributed by atoms with Crippen molar-refractivity contribution in [1.82, 2.24) is 16.0 Å². The van der Waals surface area contributed by atoms with Crippen LogP contribution in [0, 0.1) is 11.8 Å². The van der Waals surface area contributed by atoms with E-state index in [4.69, 9.17) is 11.5 Å². The van der Waals surface area contributed by atoms with Crippen LogP contribution < -0.4 is 27.4 Å². The molecule has 8 N–H and O–H groups in total. The first-order valence-corrected chi connectivity index (χ1v) is 10.1. The van der Waals surface area contributed by atoms with Crippen molar-refractivity contribution in [3.05, 3.63) is 0 Å². The van der Waals surface area contributed by atoms with Crippen molar-refractivity contribution in [3.8, 4) is 0 Å². The van der Waals surface area contributed by atoms with Gasteiger partial charge in [0.15, 0.2) is 0 Å². The zero-order valence-electron chi connectivity index (χ0n) is 17.9. The van der Waals surface area contributed by atoms with E-state index in [-0.39, 0.29) is 18.4 Å². The molecule has 0 aromatic carbocycles. The van der Waals surface area contributed by atoms with E-state index in [9.17, 15) is 24.3 Å². The van der Waals surface area contributed by atoms with Crippen molar-refractivity contribution < 1.29 is 24.3 Å². The van der Waals surface area contributed by atoms with Gasteiger partial charge in [0.05, 0.1) is 6.54 Å². The van der Waals surface area contributed by atoms with Gasteiger partial charge in [-0.3, -0.25) is 14.4 Å². The lowest BCUT2D eigenvalue weighted by Crippen LogP contribution is -2.58. The van der Waals surface area contributed by atoms with Crippen LogP contribution in [0.5, 0.6) is 0 Å². The maximum Gasteiger partial charge on any atom is 0.326 e. The molecule has 4 unspecified atom stereocenters. The van der Waals surface area contributed by atoms with Crippen LogP contribution in [0.15, 0.2) is 0 Å². The monoisotopic (exact) mass is 415 g/mol. The summed E-state index contributed by atoms with van der Waals surface area (Å²) in [5.41, 5.74) is 10.8. The first-order chi connectivity index (χ1) is 13.6. The molecule has 10 nitrogen and oxygen atoms in total. The minimum absolute atomic E-state index is 0.240. The molecular formula is C19H37N5O5. The summed E-state index contributed by atoms with van der Waals surface area (Å²) in [6.45, 7) is 7.23. The average Bonchev–Trinajstić information content (AvgIpc) is 2.67. The summed E-state index contributed by atoms with van der Waals surface area (Å²) in [6, 6.07) is -2.85. The molecule has 29 heavy (non-hydrogen) atoms. The Balaban J connectivity index is 5.37. The molecule has 0 saturated heterocycles. The van der Waals surface area contributed by atoms with Gasteiger partial charge in [0.2, 0.25) is 17.7 Å². The fraction of sp³-hybridized carbons (Fsp3) is 0.789. The largest absolute Gasteiger partial charge is 0.480 e. The molecule has 0 saturated carbocycles. The van der Waals surface area contributed by atoms with E-state index < -0.39 is 41.8 Å². The second kappa shape index (κ2) is 13.9. The third-order valence-corrected chi connectivity index (χ3v) is 4.81. The molecule has 0 fully saturated rings. The molecule has 0 aromatic heterocycles. The molecule has 0 spiro atoms. The summed E-state index contributed by atoms with van der Waals surface area (Å²) in [7, 11) is 0. The van der Waals surface area contributed by atoms with Crippen LogP contribution in [0.3, 0.4) is 0 Å². The second-order valence-electron chi connectivity index (χ2n) is 7.55. The Morgan fingerprint density at radius 2 is 1.48 bits per heavy atom. The summed E-state index contributed by atoms with van der Waals surface area (Å²) in [4.78, 5) is 48.6. The maximum absolute atomic E-state index is 12.8. The molecular weight excluding hydrogens is 378 g/mol. The van der Waals surface area contributed by atoms with Crippen molar-refractivity contribution in [2.24, 2.45) is 23.3 Å². The lowest BCUT2D eigenvalue weighted by atomic mass is 9.96. The first-order valence-electron chi connectivity index (χ1n) is 10.1. The lowest BCUT2D eigenvalue weighted by molar-refractivity contribution is -0.144. The third-order valence-electron chi connectivity index (χ3n) is 4.81. The number of hydrogen-bond acceptors (Lipinski definition) is 6. The summed E-state index contributed by atoms with van der Waals surface area (Å²) in [5, 5.41) is 17.1. The quantitative estimate of drug-likeness (QED) is 0.203. The predicted molar refractivity (Wildman–Crippen MR) is 110 cm³/mol. The Labute approximate surface area is 172 Å². The molecule has 0 radical (unpaired) electrons. The summed E-state index contributed by atoms with van der Waals surface area (Å²) >= 11 is 0. The number of hydrogen-bond donors (Lipinski definition) is 6. The molecule has 0 aliphatic heterocycles. The highest BCUT2D eigenvalue weighted by Gasteiger charge is 2.32. The topological polar surface area (TPSA) is 177 Å². The number of carboxylic acids is 1. The van der Waals surface area contributed by atoms with Crippen molar-refractivity contribution in [2.45, 2.75) is 71.5 Å². The fourth-order valence-electron chi connectivity index (χ4n) is 2.73. The molecule has 0 aliphatic carbocycles. The van der Waals surface area contributed by atoms with Crippen molar-refractivity contribution >= 4 is 23.7 Å². The molecule has 0 bridgehead atoms. The molecule has 4 atom stereocenters. The highest BCUT2D eigenvalue weighted by atomic mass is 16.4. The van der Waals surface area contributed by atoms with Gasteiger partial charge in [0, 0.05) is 0 Å². The van der Waals surface area contributed by atoms with Gasteiger partial charge in [-0.25, -0.2) is 4.79 Å². The SMILES string of the molecule is CCC(C)C(NC(=O)C(CCCCN)NC(=O)CN)C(=O)NC(C(=O)O)C(C)C. The van der Waals surface area contributed by atoms with Crippen LogP contribution in [0.4, 0.5) is 0 Å². The number of carbonyl (C=O) groups is 4. The van der Waals surface area contributed by atoms with Gasteiger partial charge in [0.1, 0.15) is 18.1 Å². The second-order valence-corrected chi connectivity index (χ2v) is 7.55. The summed E-state index contributed by atoms with van der Waals surface area (Å²) < 4.78 is 0.